The van der Waals surface area contributed by atoms with E-state index in [1.54, 1.807) is 6.33 Å². The second-order valence-electron chi connectivity index (χ2n) is 8.27. The van der Waals surface area contributed by atoms with Crippen LogP contribution in [0.25, 0.3) is 0 Å². The van der Waals surface area contributed by atoms with Crippen LogP contribution in [0, 0.1) is 6.92 Å². The molecule has 0 bridgehead atoms. The third-order valence-corrected chi connectivity index (χ3v) is 5.52. The van der Waals surface area contributed by atoms with Gasteiger partial charge in [-0.05, 0) is 31.2 Å². The van der Waals surface area contributed by atoms with E-state index in [2.05, 4.69) is 65.7 Å². The number of fused-ring (bicyclic) bond motifs is 1. The van der Waals surface area contributed by atoms with Gasteiger partial charge in [0.05, 0.1) is 5.92 Å². The van der Waals surface area contributed by atoms with Gasteiger partial charge in [0.15, 0.2) is 0 Å². The molecule has 2 atom stereocenters. The molecule has 6 nitrogen and oxygen atoms in total. The molecule has 0 saturated carbocycles. The lowest BCUT2D eigenvalue weighted by Gasteiger charge is -2.20. The molecule has 1 aromatic heterocycles. The first-order valence-corrected chi connectivity index (χ1v) is 10.6. The van der Waals surface area contributed by atoms with Crippen LogP contribution in [-0.2, 0) is 11.2 Å². The first-order valence-electron chi connectivity index (χ1n) is 10.6. The van der Waals surface area contributed by atoms with Crippen molar-refractivity contribution < 1.29 is 4.79 Å². The van der Waals surface area contributed by atoms with Crippen LogP contribution in [0.5, 0.6) is 0 Å². The smallest absolute Gasteiger partial charge is 0.228 e. The molecule has 0 aliphatic heterocycles. The Morgan fingerprint density at radius 1 is 1.17 bits per heavy atom. The minimum atomic E-state index is -0.207. The van der Waals surface area contributed by atoms with E-state index < -0.39 is 0 Å². The van der Waals surface area contributed by atoms with Crippen molar-refractivity contribution in [2.24, 2.45) is 0 Å². The summed E-state index contributed by atoms with van der Waals surface area (Å²) >= 11 is 0. The van der Waals surface area contributed by atoms with Crippen LogP contribution in [0.3, 0.4) is 0 Å². The molecule has 2 aromatic rings. The van der Waals surface area contributed by atoms with Crippen LogP contribution in [0.1, 0.15) is 61.4 Å². The number of carbonyl (C=O) groups is 1. The van der Waals surface area contributed by atoms with Crippen molar-refractivity contribution in [3.05, 3.63) is 53.0 Å². The number of nitrogens with zero attached hydrogens (tertiary/aromatic N) is 2. The largest absolute Gasteiger partial charge is 0.368 e. The van der Waals surface area contributed by atoms with E-state index in [1.165, 1.54) is 11.1 Å². The average Bonchev–Trinajstić information content (AvgIpc) is 3.08. The zero-order valence-electron chi connectivity index (χ0n) is 18.0. The molecular weight excluding hydrogens is 362 g/mol. The van der Waals surface area contributed by atoms with Crippen molar-refractivity contribution in [3.8, 4) is 0 Å². The van der Waals surface area contributed by atoms with E-state index in [1.807, 2.05) is 12.1 Å². The van der Waals surface area contributed by atoms with Crippen LogP contribution < -0.4 is 16.0 Å². The molecular formula is C23H33N5O. The number of aryl methyl sites for hydroxylation is 2. The summed E-state index contributed by atoms with van der Waals surface area (Å²) < 4.78 is 0. The van der Waals surface area contributed by atoms with E-state index in [9.17, 15) is 4.79 Å². The van der Waals surface area contributed by atoms with Gasteiger partial charge >= 0.3 is 0 Å². The average molecular weight is 396 g/mol. The number of amides is 1. The number of benzene rings is 1. The summed E-state index contributed by atoms with van der Waals surface area (Å²) in [7, 11) is 0. The Kier molecular flexibility index (Phi) is 7.20. The van der Waals surface area contributed by atoms with E-state index in [0.29, 0.717) is 31.6 Å². The summed E-state index contributed by atoms with van der Waals surface area (Å²) in [5.41, 5.74) is 4.62. The second-order valence-corrected chi connectivity index (χ2v) is 8.27. The highest BCUT2D eigenvalue weighted by Gasteiger charge is 2.24. The van der Waals surface area contributed by atoms with Gasteiger partial charge in [0.1, 0.15) is 12.1 Å². The van der Waals surface area contributed by atoms with E-state index in [0.717, 1.165) is 29.9 Å². The molecule has 156 valence electrons. The molecule has 1 unspecified atom stereocenters. The minimum Gasteiger partial charge on any atom is -0.368 e. The number of rotatable bonds is 9. The molecule has 1 aliphatic carbocycles. The van der Waals surface area contributed by atoms with Gasteiger partial charge in [-0.25, -0.2) is 9.97 Å². The molecule has 0 spiro atoms. The predicted octanol–water partition coefficient (Wildman–Crippen LogP) is 3.14. The Hall–Kier alpha value is -2.47. The minimum absolute atomic E-state index is 0.0464. The van der Waals surface area contributed by atoms with E-state index >= 15 is 0 Å². The van der Waals surface area contributed by atoms with Crippen LogP contribution in [0.15, 0.2) is 30.6 Å². The molecule has 1 heterocycles. The third kappa shape index (κ3) is 5.54. The Balaban J connectivity index is 1.56. The second kappa shape index (κ2) is 9.83. The van der Waals surface area contributed by atoms with Gasteiger partial charge in [0.2, 0.25) is 5.91 Å². The van der Waals surface area contributed by atoms with Crippen LogP contribution in [0.2, 0.25) is 0 Å². The Bertz CT molecular complexity index is 819. The van der Waals surface area contributed by atoms with Crippen molar-refractivity contribution in [2.45, 2.75) is 58.4 Å². The first-order chi connectivity index (χ1) is 14.0. The summed E-state index contributed by atoms with van der Waals surface area (Å²) in [5, 5.41) is 9.87. The molecule has 3 N–H and O–H groups in total. The van der Waals surface area contributed by atoms with Gasteiger partial charge in [-0.15, -0.1) is 0 Å². The molecule has 1 amide bonds. The number of hydrogen-bond acceptors (Lipinski definition) is 5. The monoisotopic (exact) mass is 395 g/mol. The molecule has 0 fully saturated rings. The summed E-state index contributed by atoms with van der Waals surface area (Å²) in [6.45, 7) is 10.3. The fourth-order valence-electron chi connectivity index (χ4n) is 3.79. The highest BCUT2D eigenvalue weighted by Crippen LogP contribution is 2.35. The number of hydrogen-bond donors (Lipinski definition) is 3. The third-order valence-electron chi connectivity index (χ3n) is 5.52. The summed E-state index contributed by atoms with van der Waals surface area (Å²) in [5.74, 6) is 1.23. The molecule has 0 radical (unpaired) electrons. The van der Waals surface area contributed by atoms with Gasteiger partial charge in [-0.2, -0.15) is 0 Å². The molecule has 0 saturated heterocycles. The predicted molar refractivity (Wildman–Crippen MR) is 117 cm³/mol. The number of nitrogens with one attached hydrogen (secondary N) is 3. The molecule has 6 heteroatoms. The highest BCUT2D eigenvalue weighted by atomic mass is 16.1. The maximum absolute atomic E-state index is 12.9. The fraction of sp³-hybridized carbons (Fsp3) is 0.522. The first kappa shape index (κ1) is 21.2. The van der Waals surface area contributed by atoms with Crippen molar-refractivity contribution in [2.75, 3.05) is 25.0 Å². The Morgan fingerprint density at radius 2 is 1.93 bits per heavy atom. The number of carbonyl (C=O) groups excluding carboxylic acids is 1. The van der Waals surface area contributed by atoms with Crippen LogP contribution in [0.4, 0.5) is 5.82 Å². The highest BCUT2D eigenvalue weighted by molar-refractivity contribution is 5.84. The standard InChI is InChI=1S/C23H33N5O/c1-15(2)26-13-19(18-8-5-16(3)6-9-18)23(29)25-12-11-24-22-21-17(4)7-10-20(21)27-14-28-22/h5-6,8-9,14-15,17,19,26H,7,10-13H2,1-4H3,(H,25,29)(H,24,27,28)/t17-,19?/m1/s1. The van der Waals surface area contributed by atoms with Crippen LogP contribution >= 0.6 is 0 Å². The SMILES string of the molecule is Cc1ccc(C(CNC(C)C)C(=O)NCCNc2ncnc3c2[C@H](C)CC3)cc1. The Morgan fingerprint density at radius 3 is 2.66 bits per heavy atom. The van der Waals surface area contributed by atoms with Crippen molar-refractivity contribution in [3.63, 3.8) is 0 Å². The maximum atomic E-state index is 12.9. The Labute approximate surface area is 173 Å². The van der Waals surface area contributed by atoms with Gasteiger partial charge in [-0.3, -0.25) is 4.79 Å². The molecule has 29 heavy (non-hydrogen) atoms. The van der Waals surface area contributed by atoms with Crippen LogP contribution in [-0.4, -0.2) is 41.6 Å². The molecule has 1 aliphatic rings. The van der Waals surface area contributed by atoms with Gasteiger partial charge in [-0.1, -0.05) is 50.6 Å². The van der Waals surface area contributed by atoms with Gasteiger partial charge < -0.3 is 16.0 Å². The molecule has 3 rings (SSSR count). The van der Waals surface area contributed by atoms with Crippen molar-refractivity contribution >= 4 is 11.7 Å². The van der Waals surface area contributed by atoms with E-state index in [-0.39, 0.29) is 11.8 Å². The van der Waals surface area contributed by atoms with Gasteiger partial charge in [0.25, 0.3) is 0 Å². The van der Waals surface area contributed by atoms with E-state index in [4.69, 9.17) is 0 Å². The topological polar surface area (TPSA) is 78.9 Å². The number of anilines is 1. The van der Waals surface area contributed by atoms with Crippen molar-refractivity contribution in [1.29, 1.82) is 0 Å². The lowest BCUT2D eigenvalue weighted by molar-refractivity contribution is -0.122. The fourth-order valence-corrected chi connectivity index (χ4v) is 3.79. The zero-order chi connectivity index (χ0) is 20.8. The number of aromatic nitrogens is 2. The summed E-state index contributed by atoms with van der Waals surface area (Å²) in [4.78, 5) is 21.7. The molecule has 1 aromatic carbocycles. The summed E-state index contributed by atoms with van der Waals surface area (Å²) in [6, 6.07) is 8.54. The lowest BCUT2D eigenvalue weighted by Crippen LogP contribution is -2.39. The maximum Gasteiger partial charge on any atom is 0.228 e. The van der Waals surface area contributed by atoms with Crippen molar-refractivity contribution in [1.82, 2.24) is 20.6 Å². The zero-order valence-corrected chi connectivity index (χ0v) is 18.0. The quantitative estimate of drug-likeness (QED) is 0.569. The summed E-state index contributed by atoms with van der Waals surface area (Å²) in [6.07, 6.45) is 3.77. The van der Waals surface area contributed by atoms with Gasteiger partial charge in [0, 0.05) is 36.9 Å². The normalized spacial score (nSPS) is 16.5. The lowest BCUT2D eigenvalue weighted by atomic mass is 9.96.